The maximum Gasteiger partial charge on any atom is 0.407 e. The molecule has 0 fully saturated rings. The van der Waals surface area contributed by atoms with E-state index in [0.29, 0.717) is 12.8 Å². The van der Waals surface area contributed by atoms with Gasteiger partial charge in [0.05, 0.1) is 0 Å². The molecule has 0 bridgehead atoms. The number of fused-ring (bicyclic) bond motifs is 3. The van der Waals surface area contributed by atoms with Crippen molar-refractivity contribution in [1.82, 2.24) is 10.6 Å². The van der Waals surface area contributed by atoms with Crippen LogP contribution in [0.5, 0.6) is 0 Å². The fourth-order valence-electron chi connectivity index (χ4n) is 4.55. The van der Waals surface area contributed by atoms with Gasteiger partial charge < -0.3 is 20.5 Å². The maximum atomic E-state index is 13.0. The van der Waals surface area contributed by atoms with Crippen LogP contribution in [-0.2, 0) is 14.3 Å². The molecule has 0 heterocycles. The van der Waals surface area contributed by atoms with Crippen LogP contribution in [0.15, 0.2) is 48.5 Å². The third kappa shape index (κ3) is 6.62. The van der Waals surface area contributed by atoms with Gasteiger partial charge in [0.25, 0.3) is 0 Å². The largest absolute Gasteiger partial charge is 0.480 e. The van der Waals surface area contributed by atoms with Crippen LogP contribution in [0.1, 0.15) is 64.0 Å². The van der Waals surface area contributed by atoms with Gasteiger partial charge in [-0.3, -0.25) is 4.79 Å². The Bertz CT molecular complexity index is 1010. The normalized spacial score (nSPS) is 15.0. The molecule has 0 aliphatic heterocycles. The van der Waals surface area contributed by atoms with Crippen LogP contribution in [0.4, 0.5) is 4.79 Å². The second kappa shape index (κ2) is 11.9. The number of alkyl carbamates (subject to hydrolysis) is 1. The summed E-state index contributed by atoms with van der Waals surface area (Å²) < 4.78 is 5.61. The van der Waals surface area contributed by atoms with Gasteiger partial charge in [-0.15, -0.1) is 0 Å². The molecule has 0 radical (unpaired) electrons. The number of nitrogens with one attached hydrogen (secondary N) is 2. The van der Waals surface area contributed by atoms with Crippen molar-refractivity contribution in [3.05, 3.63) is 59.7 Å². The average molecular weight is 481 g/mol. The van der Waals surface area contributed by atoms with Crippen LogP contribution in [0.2, 0.25) is 0 Å². The molecule has 0 saturated heterocycles. The van der Waals surface area contributed by atoms with E-state index in [9.17, 15) is 19.5 Å². The van der Waals surface area contributed by atoms with Crippen molar-refractivity contribution < 1.29 is 24.2 Å². The van der Waals surface area contributed by atoms with Crippen molar-refractivity contribution in [1.29, 1.82) is 0 Å². The van der Waals surface area contributed by atoms with E-state index in [1.54, 1.807) is 0 Å². The minimum absolute atomic E-state index is 0.0857. The molecule has 188 valence electrons. The van der Waals surface area contributed by atoms with Crippen molar-refractivity contribution in [3.8, 4) is 11.1 Å². The molecule has 3 rings (SSSR count). The topological polar surface area (TPSA) is 105 Å². The molecule has 2 amide bonds. The molecule has 0 aromatic heterocycles. The first-order valence-electron chi connectivity index (χ1n) is 12.4. The molecule has 2 aromatic carbocycles. The number of aliphatic carboxylic acids is 1. The Labute approximate surface area is 207 Å². The number of carbonyl (C=O) groups excluding carboxylic acids is 2. The van der Waals surface area contributed by atoms with E-state index in [2.05, 4.69) is 22.8 Å². The van der Waals surface area contributed by atoms with Crippen LogP contribution >= 0.6 is 0 Å². The number of ether oxygens (including phenoxy) is 1. The molecular weight excluding hydrogens is 444 g/mol. The highest BCUT2D eigenvalue weighted by Gasteiger charge is 2.31. The summed E-state index contributed by atoms with van der Waals surface area (Å²) in [6.45, 7) is 7.93. The zero-order chi connectivity index (χ0) is 25.5. The molecule has 7 nitrogen and oxygen atoms in total. The summed E-state index contributed by atoms with van der Waals surface area (Å²) in [6, 6.07) is 14.3. The number of carbonyl (C=O) groups is 3. The first-order valence-corrected chi connectivity index (χ1v) is 12.4. The van der Waals surface area contributed by atoms with Crippen molar-refractivity contribution in [3.63, 3.8) is 0 Å². The Morgan fingerprint density at radius 2 is 1.46 bits per heavy atom. The zero-order valence-electron chi connectivity index (χ0n) is 20.9. The van der Waals surface area contributed by atoms with E-state index >= 15 is 0 Å². The minimum atomic E-state index is -1.09. The summed E-state index contributed by atoms with van der Waals surface area (Å²) in [7, 11) is 0. The second-order valence-electron chi connectivity index (χ2n) is 9.80. The van der Waals surface area contributed by atoms with E-state index in [0.717, 1.165) is 28.7 Å². The van der Waals surface area contributed by atoms with Crippen molar-refractivity contribution in [2.24, 2.45) is 11.8 Å². The molecule has 0 spiro atoms. The molecule has 2 unspecified atom stereocenters. The Morgan fingerprint density at radius 1 is 0.886 bits per heavy atom. The molecule has 1 aliphatic carbocycles. The summed E-state index contributed by atoms with van der Waals surface area (Å²) in [5, 5.41) is 14.8. The lowest BCUT2D eigenvalue weighted by Gasteiger charge is -2.24. The summed E-state index contributed by atoms with van der Waals surface area (Å²) in [6.07, 6.45) is 0.832. The van der Waals surface area contributed by atoms with Crippen LogP contribution < -0.4 is 10.6 Å². The van der Waals surface area contributed by atoms with Crippen LogP contribution in [0.3, 0.4) is 0 Å². The summed E-state index contributed by atoms with van der Waals surface area (Å²) in [5.74, 6) is -1.42. The van der Waals surface area contributed by atoms with Gasteiger partial charge in [-0.05, 0) is 46.9 Å². The van der Waals surface area contributed by atoms with Gasteiger partial charge in [0.2, 0.25) is 5.91 Å². The van der Waals surface area contributed by atoms with Gasteiger partial charge in [0, 0.05) is 5.92 Å². The number of hydrogen-bond donors (Lipinski definition) is 3. The number of rotatable bonds is 11. The summed E-state index contributed by atoms with van der Waals surface area (Å²) in [4.78, 5) is 37.4. The van der Waals surface area contributed by atoms with E-state index in [1.165, 1.54) is 0 Å². The Morgan fingerprint density at radius 3 is 1.97 bits per heavy atom. The van der Waals surface area contributed by atoms with E-state index < -0.39 is 30.1 Å². The third-order valence-corrected chi connectivity index (χ3v) is 6.61. The first kappa shape index (κ1) is 26.3. The Kier molecular flexibility index (Phi) is 8.90. The van der Waals surface area contributed by atoms with Gasteiger partial charge in [0.15, 0.2) is 0 Å². The highest BCUT2D eigenvalue weighted by molar-refractivity contribution is 5.89. The van der Waals surface area contributed by atoms with E-state index in [-0.39, 0.29) is 24.4 Å². The van der Waals surface area contributed by atoms with Gasteiger partial charge >= 0.3 is 12.1 Å². The third-order valence-electron chi connectivity index (χ3n) is 6.61. The molecule has 0 saturated carbocycles. The fourth-order valence-corrected chi connectivity index (χ4v) is 4.55. The molecule has 2 aromatic rings. The maximum absolute atomic E-state index is 13.0. The molecule has 3 atom stereocenters. The lowest BCUT2D eigenvalue weighted by Crippen LogP contribution is -2.52. The van der Waals surface area contributed by atoms with Crippen LogP contribution in [-0.4, -0.2) is 41.8 Å². The van der Waals surface area contributed by atoms with Gasteiger partial charge in [-0.1, -0.05) is 82.6 Å². The Hall–Kier alpha value is -3.35. The fraction of sp³-hybridized carbons (Fsp3) is 0.464. The predicted molar refractivity (Wildman–Crippen MR) is 135 cm³/mol. The van der Waals surface area contributed by atoms with Gasteiger partial charge in [-0.25, -0.2) is 9.59 Å². The monoisotopic (exact) mass is 480 g/mol. The summed E-state index contributed by atoms with van der Waals surface area (Å²) >= 11 is 0. The van der Waals surface area contributed by atoms with Gasteiger partial charge in [-0.2, -0.15) is 0 Å². The molecule has 7 heteroatoms. The zero-order valence-corrected chi connectivity index (χ0v) is 20.9. The van der Waals surface area contributed by atoms with Gasteiger partial charge in [0.1, 0.15) is 18.7 Å². The summed E-state index contributed by atoms with van der Waals surface area (Å²) in [5.41, 5.74) is 4.48. The molecule has 35 heavy (non-hydrogen) atoms. The van der Waals surface area contributed by atoms with Crippen LogP contribution in [0, 0.1) is 11.8 Å². The quantitative estimate of drug-likeness (QED) is 0.422. The lowest BCUT2D eigenvalue weighted by atomic mass is 9.97. The predicted octanol–water partition coefficient (Wildman–Crippen LogP) is 4.95. The highest BCUT2D eigenvalue weighted by atomic mass is 16.5. The lowest BCUT2D eigenvalue weighted by molar-refractivity contribution is -0.142. The molecule has 1 aliphatic rings. The molecular formula is C28H36N2O5. The first-order chi connectivity index (χ1) is 16.7. The smallest absolute Gasteiger partial charge is 0.407 e. The number of amides is 2. The van der Waals surface area contributed by atoms with E-state index in [4.69, 9.17) is 4.74 Å². The molecule has 3 N–H and O–H groups in total. The minimum Gasteiger partial charge on any atom is -0.480 e. The number of benzene rings is 2. The highest BCUT2D eigenvalue weighted by Crippen LogP contribution is 2.44. The number of hydrogen-bond acceptors (Lipinski definition) is 4. The van der Waals surface area contributed by atoms with E-state index in [1.807, 2.05) is 64.1 Å². The standard InChI is InChI=1S/C28H36N2O5/c1-5-18(4)15-24(26(31)29-25(27(32)33)14-17(2)3)30-28(34)35-16-23-21-12-8-6-10-19(21)20-11-7-9-13-22(20)23/h6-13,17-18,23-25H,5,14-16H2,1-4H3,(H,29,31)(H,30,34)(H,32,33)/t18?,24?,25-/m1/s1. The number of carboxylic acid groups (broad SMARTS) is 1. The van der Waals surface area contributed by atoms with Crippen molar-refractivity contribution in [2.75, 3.05) is 6.61 Å². The average Bonchev–Trinajstić information content (AvgIpc) is 3.15. The van der Waals surface area contributed by atoms with Crippen LogP contribution in [0.25, 0.3) is 11.1 Å². The second-order valence-corrected chi connectivity index (χ2v) is 9.80. The van der Waals surface area contributed by atoms with Crippen molar-refractivity contribution >= 4 is 18.0 Å². The number of carboxylic acids is 1. The SMILES string of the molecule is CCC(C)CC(NC(=O)OCC1c2ccccc2-c2ccccc21)C(=O)N[C@H](CC(C)C)C(=O)O. The van der Waals surface area contributed by atoms with Crippen molar-refractivity contribution in [2.45, 2.75) is 65.0 Å². The Balaban J connectivity index is 1.68.